The molecule has 6 heterocycles. The van der Waals surface area contributed by atoms with Crippen molar-refractivity contribution < 1.29 is 24.0 Å². The molecule has 0 spiro atoms. The number of rotatable bonds is 7. The molecule has 1 atom stereocenters. The summed E-state index contributed by atoms with van der Waals surface area (Å²) in [6.45, 7) is 6.02. The molecule has 13 heteroatoms. The van der Waals surface area contributed by atoms with Crippen LogP contribution < -0.4 is 16.0 Å². The molecule has 1 aromatic heterocycles. The van der Waals surface area contributed by atoms with E-state index in [1.165, 1.54) is 5.56 Å². The standard InChI is InChI=1S/C38H38N8O5/c39-35(48)30-3-1-2-24-17-45(41-34(24)30)25-6-4-22(5-7-25)23-12-14-42(15-13-23)27-18-44(19-27)28-20-43(21-28)26-8-9-29-31(16-26)38(51)46(37(29)50)32-10-11-33(47)40-36(32)49/h1-9,16-17,23,27-28,32H,10-15,18-21H2,(H2,39,48)(H,40,47,49). The maximum atomic E-state index is 13.2. The summed E-state index contributed by atoms with van der Waals surface area (Å²) in [5.41, 5.74) is 10.4. The zero-order chi connectivity index (χ0) is 35.0. The Labute approximate surface area is 293 Å². The van der Waals surface area contributed by atoms with Crippen LogP contribution in [0.15, 0.2) is 66.9 Å². The number of carbonyl (C=O) groups excluding carboxylic acids is 5. The van der Waals surface area contributed by atoms with Crippen molar-refractivity contribution in [3.63, 3.8) is 0 Å². The van der Waals surface area contributed by atoms with Crippen LogP contribution >= 0.6 is 0 Å². The summed E-state index contributed by atoms with van der Waals surface area (Å²) in [5.74, 6) is -1.89. The number of aromatic nitrogens is 2. The molecular formula is C38H38N8O5. The van der Waals surface area contributed by atoms with Crippen LogP contribution in [0.3, 0.4) is 0 Å². The van der Waals surface area contributed by atoms with Crippen molar-refractivity contribution in [2.75, 3.05) is 44.2 Å². The van der Waals surface area contributed by atoms with Gasteiger partial charge in [0.05, 0.1) is 22.4 Å². The van der Waals surface area contributed by atoms with Gasteiger partial charge in [-0.05, 0) is 80.2 Å². The monoisotopic (exact) mass is 686 g/mol. The molecular weight excluding hydrogens is 648 g/mol. The van der Waals surface area contributed by atoms with Crippen LogP contribution in [-0.2, 0) is 9.59 Å². The summed E-state index contributed by atoms with van der Waals surface area (Å²) in [5, 5.41) is 7.76. The van der Waals surface area contributed by atoms with E-state index in [9.17, 15) is 24.0 Å². The fraction of sp³-hybridized carbons (Fsp3) is 0.368. The largest absolute Gasteiger partial charge is 0.368 e. The second-order valence-electron chi connectivity index (χ2n) is 14.4. The number of carbonyl (C=O) groups is 5. The fourth-order valence-corrected chi connectivity index (χ4v) is 8.44. The molecule has 5 aliphatic rings. The predicted molar refractivity (Wildman–Crippen MR) is 188 cm³/mol. The summed E-state index contributed by atoms with van der Waals surface area (Å²) >= 11 is 0. The lowest BCUT2D eigenvalue weighted by Crippen LogP contribution is -2.70. The van der Waals surface area contributed by atoms with E-state index < -0.39 is 29.7 Å². The quantitative estimate of drug-likeness (QED) is 0.279. The average Bonchev–Trinajstić information content (AvgIpc) is 3.64. The predicted octanol–water partition coefficient (Wildman–Crippen LogP) is 2.28. The summed E-state index contributed by atoms with van der Waals surface area (Å²) < 4.78 is 1.81. The van der Waals surface area contributed by atoms with E-state index in [1.807, 2.05) is 24.4 Å². The molecule has 4 fully saturated rings. The van der Waals surface area contributed by atoms with Gasteiger partial charge in [-0.15, -0.1) is 0 Å². The van der Waals surface area contributed by atoms with Crippen molar-refractivity contribution >= 4 is 46.1 Å². The molecule has 260 valence electrons. The van der Waals surface area contributed by atoms with Gasteiger partial charge in [0.25, 0.3) is 17.7 Å². The van der Waals surface area contributed by atoms with Gasteiger partial charge in [0, 0.05) is 62.0 Å². The number of piperidine rings is 2. The minimum absolute atomic E-state index is 0.102. The second-order valence-corrected chi connectivity index (χ2v) is 14.4. The number of likely N-dealkylation sites (tertiary alicyclic amines) is 2. The Morgan fingerprint density at radius 2 is 1.49 bits per heavy atom. The first-order valence-corrected chi connectivity index (χ1v) is 17.7. The molecule has 5 aliphatic heterocycles. The van der Waals surface area contributed by atoms with Gasteiger partial charge in [-0.2, -0.15) is 5.10 Å². The third kappa shape index (κ3) is 5.38. The Morgan fingerprint density at radius 1 is 0.784 bits per heavy atom. The van der Waals surface area contributed by atoms with Crippen molar-refractivity contribution in [2.45, 2.75) is 49.7 Å². The van der Waals surface area contributed by atoms with E-state index in [4.69, 9.17) is 5.73 Å². The minimum atomic E-state index is -0.958. The second kappa shape index (κ2) is 12.1. The number of benzene rings is 3. The molecule has 0 bridgehead atoms. The van der Waals surface area contributed by atoms with E-state index >= 15 is 0 Å². The molecule has 0 radical (unpaired) electrons. The third-order valence-electron chi connectivity index (χ3n) is 11.5. The van der Waals surface area contributed by atoms with Gasteiger partial charge >= 0.3 is 0 Å². The maximum Gasteiger partial charge on any atom is 0.262 e. The van der Waals surface area contributed by atoms with E-state index in [0.29, 0.717) is 40.2 Å². The fourth-order valence-electron chi connectivity index (χ4n) is 8.44. The van der Waals surface area contributed by atoms with Gasteiger partial charge in [0.1, 0.15) is 11.6 Å². The van der Waals surface area contributed by atoms with Crippen LogP contribution in [0, 0.1) is 0 Å². The molecule has 4 saturated heterocycles. The first-order valence-electron chi connectivity index (χ1n) is 17.7. The number of hydrogen-bond acceptors (Lipinski definition) is 9. The molecule has 1 unspecified atom stereocenters. The average molecular weight is 687 g/mol. The van der Waals surface area contributed by atoms with Gasteiger partial charge in [-0.1, -0.05) is 24.3 Å². The number of nitrogens with zero attached hydrogens (tertiary/aromatic N) is 6. The number of anilines is 1. The SMILES string of the molecule is NC(=O)c1cccc2cn(-c3ccc(C4CCN(C5CN(C6CN(c7ccc8c(c7)C(=O)N(C7CCC(=O)NC7=O)C8=O)C6)C5)CC4)cc3)nc12. The highest BCUT2D eigenvalue weighted by molar-refractivity contribution is 6.23. The van der Waals surface area contributed by atoms with Crippen LogP contribution in [0.2, 0.25) is 0 Å². The van der Waals surface area contributed by atoms with Crippen LogP contribution in [0.5, 0.6) is 0 Å². The Hall–Kier alpha value is -5.40. The zero-order valence-electron chi connectivity index (χ0n) is 28.0. The first-order chi connectivity index (χ1) is 24.7. The van der Waals surface area contributed by atoms with Crippen LogP contribution in [0.25, 0.3) is 16.6 Å². The van der Waals surface area contributed by atoms with E-state index in [-0.39, 0.29) is 18.7 Å². The summed E-state index contributed by atoms with van der Waals surface area (Å²) in [6, 6.07) is 19.5. The summed E-state index contributed by atoms with van der Waals surface area (Å²) in [6.07, 6.45) is 4.43. The number of imide groups is 2. The lowest BCUT2D eigenvalue weighted by Gasteiger charge is -2.55. The van der Waals surface area contributed by atoms with Crippen molar-refractivity contribution in [3.8, 4) is 5.69 Å². The normalized spacial score (nSPS) is 22.3. The molecule has 0 saturated carbocycles. The highest BCUT2D eigenvalue weighted by Gasteiger charge is 2.46. The number of hydrogen-bond donors (Lipinski definition) is 2. The number of nitrogens with one attached hydrogen (secondary N) is 1. The lowest BCUT2D eigenvalue weighted by molar-refractivity contribution is -0.136. The maximum absolute atomic E-state index is 13.2. The highest BCUT2D eigenvalue weighted by Crippen LogP contribution is 2.35. The van der Waals surface area contributed by atoms with Crippen molar-refractivity contribution in [1.82, 2.24) is 29.8 Å². The highest BCUT2D eigenvalue weighted by atomic mass is 16.2. The molecule has 4 aromatic rings. The topological polar surface area (TPSA) is 154 Å². The molecule has 3 aromatic carbocycles. The number of primary amides is 1. The van der Waals surface area contributed by atoms with Gasteiger partial charge in [-0.25, -0.2) is 4.68 Å². The molecule has 0 aliphatic carbocycles. The molecule has 13 nitrogen and oxygen atoms in total. The third-order valence-corrected chi connectivity index (χ3v) is 11.5. The van der Waals surface area contributed by atoms with Crippen molar-refractivity contribution in [3.05, 3.63) is 89.1 Å². The van der Waals surface area contributed by atoms with E-state index in [0.717, 1.165) is 73.8 Å². The molecule has 5 amide bonds. The van der Waals surface area contributed by atoms with Crippen molar-refractivity contribution in [2.24, 2.45) is 5.73 Å². The van der Waals surface area contributed by atoms with Crippen LogP contribution in [0.4, 0.5) is 5.69 Å². The Balaban J connectivity index is 0.751. The molecule has 3 N–H and O–H groups in total. The first kappa shape index (κ1) is 31.6. The number of amides is 5. The molecule has 9 rings (SSSR count). The van der Waals surface area contributed by atoms with Crippen LogP contribution in [-0.4, -0.2) is 111 Å². The van der Waals surface area contributed by atoms with E-state index in [1.54, 1.807) is 22.9 Å². The van der Waals surface area contributed by atoms with Gasteiger partial charge in [0.2, 0.25) is 11.8 Å². The van der Waals surface area contributed by atoms with Gasteiger partial charge in [0.15, 0.2) is 0 Å². The summed E-state index contributed by atoms with van der Waals surface area (Å²) in [7, 11) is 0. The Kier molecular flexibility index (Phi) is 7.51. The van der Waals surface area contributed by atoms with Gasteiger partial charge in [-0.3, -0.25) is 44.0 Å². The minimum Gasteiger partial charge on any atom is -0.368 e. The number of fused-ring (bicyclic) bond motifs is 2. The smallest absolute Gasteiger partial charge is 0.262 e. The van der Waals surface area contributed by atoms with Crippen molar-refractivity contribution in [1.29, 1.82) is 0 Å². The Morgan fingerprint density at radius 3 is 2.22 bits per heavy atom. The van der Waals surface area contributed by atoms with E-state index in [2.05, 4.69) is 49.4 Å². The number of nitrogens with two attached hydrogens (primary N) is 1. The van der Waals surface area contributed by atoms with Crippen LogP contribution in [0.1, 0.15) is 68.2 Å². The Bertz CT molecular complexity index is 2110. The lowest BCUT2D eigenvalue weighted by atomic mass is 9.87. The summed E-state index contributed by atoms with van der Waals surface area (Å²) in [4.78, 5) is 70.5. The van der Waals surface area contributed by atoms with Gasteiger partial charge < -0.3 is 10.6 Å². The molecule has 51 heavy (non-hydrogen) atoms. The zero-order valence-corrected chi connectivity index (χ0v) is 28.0.